The van der Waals surface area contributed by atoms with Gasteiger partial charge in [-0.25, -0.2) is 4.98 Å². The van der Waals surface area contributed by atoms with E-state index in [9.17, 15) is 5.11 Å². The molecule has 0 spiro atoms. The van der Waals surface area contributed by atoms with Gasteiger partial charge in [0.05, 0.1) is 16.8 Å². The maximum absolute atomic E-state index is 9.46. The molecule has 1 aromatic rings. The van der Waals surface area contributed by atoms with Gasteiger partial charge < -0.3 is 14.6 Å². The molecular formula is C9H10INO3. The first kappa shape index (κ1) is 10.1. The van der Waals surface area contributed by atoms with Crippen molar-refractivity contribution in [1.29, 1.82) is 0 Å². The molecule has 76 valence electrons. The topological polar surface area (TPSA) is 51.6 Å². The van der Waals surface area contributed by atoms with Gasteiger partial charge in [-0.3, -0.25) is 0 Å². The summed E-state index contributed by atoms with van der Waals surface area (Å²) < 4.78 is 11.5. The van der Waals surface area contributed by atoms with Crippen LogP contribution in [-0.4, -0.2) is 35.5 Å². The molecule has 0 bridgehead atoms. The molecule has 1 aliphatic rings. The Bertz CT molecular complexity index is 321. The van der Waals surface area contributed by atoms with Gasteiger partial charge in [-0.2, -0.15) is 0 Å². The first-order valence-electron chi connectivity index (χ1n) is 4.30. The van der Waals surface area contributed by atoms with E-state index in [-0.39, 0.29) is 6.10 Å². The quantitative estimate of drug-likeness (QED) is 0.822. The van der Waals surface area contributed by atoms with Gasteiger partial charge in [-0.15, -0.1) is 0 Å². The lowest BCUT2D eigenvalue weighted by Crippen LogP contribution is -2.30. The maximum atomic E-state index is 9.46. The Morgan fingerprint density at radius 2 is 2.43 bits per heavy atom. The molecule has 2 heterocycles. The molecule has 0 aliphatic carbocycles. The van der Waals surface area contributed by atoms with Crippen LogP contribution in [0.15, 0.2) is 18.3 Å². The molecule has 1 N–H and O–H groups in total. The fraction of sp³-hybridized carbons (Fsp3) is 0.444. The van der Waals surface area contributed by atoms with E-state index in [0.29, 0.717) is 19.1 Å². The van der Waals surface area contributed by atoms with Crippen LogP contribution in [0.4, 0.5) is 0 Å². The molecule has 1 fully saturated rings. The standard InChI is InChI=1S/C9H10INO3/c10-6-2-1-3-11-9(6)14-8-5-13-4-7(8)12/h1-3,7-8,12H,4-5H2/t7-,8-/m0/s1. The molecule has 1 aliphatic heterocycles. The second kappa shape index (κ2) is 4.41. The fourth-order valence-electron chi connectivity index (χ4n) is 1.24. The summed E-state index contributed by atoms with van der Waals surface area (Å²) in [6.07, 6.45) is 0.825. The van der Waals surface area contributed by atoms with Gasteiger partial charge in [-0.1, -0.05) is 0 Å². The molecule has 0 radical (unpaired) electrons. The van der Waals surface area contributed by atoms with Crippen LogP contribution >= 0.6 is 22.6 Å². The normalized spacial score (nSPS) is 26.4. The monoisotopic (exact) mass is 307 g/mol. The molecule has 4 nitrogen and oxygen atoms in total. The van der Waals surface area contributed by atoms with E-state index < -0.39 is 6.10 Å². The Kier molecular flexibility index (Phi) is 3.19. The third-order valence-electron chi connectivity index (χ3n) is 1.99. The largest absolute Gasteiger partial charge is 0.468 e. The molecule has 0 aromatic carbocycles. The molecular weight excluding hydrogens is 297 g/mol. The molecule has 2 rings (SSSR count). The fourth-order valence-corrected chi connectivity index (χ4v) is 1.71. The lowest BCUT2D eigenvalue weighted by molar-refractivity contribution is 0.0698. The van der Waals surface area contributed by atoms with Crippen LogP contribution in [0.2, 0.25) is 0 Å². The highest BCUT2D eigenvalue weighted by atomic mass is 127. The molecule has 2 atom stereocenters. The SMILES string of the molecule is O[C@H]1COC[C@@H]1Oc1ncccc1I. The molecule has 0 saturated carbocycles. The number of rotatable bonds is 2. The van der Waals surface area contributed by atoms with Crippen molar-refractivity contribution < 1.29 is 14.6 Å². The highest BCUT2D eigenvalue weighted by molar-refractivity contribution is 14.1. The lowest BCUT2D eigenvalue weighted by Gasteiger charge is -2.14. The van der Waals surface area contributed by atoms with Crippen molar-refractivity contribution in [3.63, 3.8) is 0 Å². The summed E-state index contributed by atoms with van der Waals surface area (Å²) in [4.78, 5) is 4.08. The van der Waals surface area contributed by atoms with Gasteiger partial charge in [-0.05, 0) is 34.7 Å². The van der Waals surface area contributed by atoms with Crippen molar-refractivity contribution in [3.8, 4) is 5.88 Å². The van der Waals surface area contributed by atoms with Crippen LogP contribution in [0, 0.1) is 3.57 Å². The lowest BCUT2D eigenvalue weighted by atomic mass is 10.3. The average Bonchev–Trinajstić information content (AvgIpc) is 2.56. The highest BCUT2D eigenvalue weighted by Crippen LogP contribution is 2.20. The number of aliphatic hydroxyl groups excluding tert-OH is 1. The van der Waals surface area contributed by atoms with E-state index in [4.69, 9.17) is 9.47 Å². The molecule has 1 saturated heterocycles. The van der Waals surface area contributed by atoms with Gasteiger partial charge in [0, 0.05) is 6.20 Å². The zero-order valence-electron chi connectivity index (χ0n) is 7.39. The first-order chi connectivity index (χ1) is 6.77. The summed E-state index contributed by atoms with van der Waals surface area (Å²) in [6.45, 7) is 0.766. The van der Waals surface area contributed by atoms with E-state index in [1.807, 2.05) is 12.1 Å². The summed E-state index contributed by atoms with van der Waals surface area (Å²) in [5, 5.41) is 9.46. The number of aromatic nitrogens is 1. The Balaban J connectivity index is 2.07. The average molecular weight is 307 g/mol. The molecule has 0 unspecified atom stereocenters. The van der Waals surface area contributed by atoms with Gasteiger partial charge in [0.25, 0.3) is 0 Å². The number of halogens is 1. The minimum atomic E-state index is -0.548. The predicted molar refractivity (Wildman–Crippen MR) is 58.2 cm³/mol. The van der Waals surface area contributed by atoms with E-state index in [1.165, 1.54) is 0 Å². The Morgan fingerprint density at radius 1 is 1.57 bits per heavy atom. The van der Waals surface area contributed by atoms with E-state index in [1.54, 1.807) is 6.20 Å². The summed E-state index contributed by atoms with van der Waals surface area (Å²) in [5.41, 5.74) is 0. The van der Waals surface area contributed by atoms with Crippen LogP contribution in [0.1, 0.15) is 0 Å². The maximum Gasteiger partial charge on any atom is 0.227 e. The Hall–Kier alpha value is -0.400. The smallest absolute Gasteiger partial charge is 0.227 e. The minimum absolute atomic E-state index is 0.293. The Labute approximate surface area is 95.4 Å². The molecule has 14 heavy (non-hydrogen) atoms. The van der Waals surface area contributed by atoms with Crippen LogP contribution in [0.5, 0.6) is 5.88 Å². The zero-order chi connectivity index (χ0) is 9.97. The number of nitrogens with zero attached hydrogens (tertiary/aromatic N) is 1. The van der Waals surface area contributed by atoms with Crippen LogP contribution in [-0.2, 0) is 4.74 Å². The summed E-state index contributed by atoms with van der Waals surface area (Å²) in [7, 11) is 0. The first-order valence-corrected chi connectivity index (χ1v) is 5.38. The van der Waals surface area contributed by atoms with Crippen molar-refractivity contribution in [1.82, 2.24) is 4.98 Å². The van der Waals surface area contributed by atoms with Gasteiger partial charge >= 0.3 is 0 Å². The number of pyridine rings is 1. The minimum Gasteiger partial charge on any atom is -0.468 e. The second-order valence-electron chi connectivity index (χ2n) is 3.05. The Morgan fingerprint density at radius 3 is 3.07 bits per heavy atom. The van der Waals surface area contributed by atoms with Crippen LogP contribution < -0.4 is 4.74 Å². The summed E-state index contributed by atoms with van der Waals surface area (Å²) >= 11 is 2.14. The summed E-state index contributed by atoms with van der Waals surface area (Å²) in [6, 6.07) is 3.75. The molecule has 0 amide bonds. The van der Waals surface area contributed by atoms with Gasteiger partial charge in [0.15, 0.2) is 6.10 Å². The third kappa shape index (κ3) is 2.15. The number of hydrogen-bond acceptors (Lipinski definition) is 4. The molecule has 5 heteroatoms. The molecule has 1 aromatic heterocycles. The zero-order valence-corrected chi connectivity index (χ0v) is 9.55. The number of aliphatic hydroxyl groups is 1. The van der Waals surface area contributed by atoms with Crippen molar-refractivity contribution in [2.24, 2.45) is 0 Å². The van der Waals surface area contributed by atoms with Gasteiger partial charge in [0.1, 0.15) is 6.10 Å². The van der Waals surface area contributed by atoms with E-state index in [0.717, 1.165) is 3.57 Å². The van der Waals surface area contributed by atoms with Gasteiger partial charge in [0.2, 0.25) is 5.88 Å². The summed E-state index contributed by atoms with van der Waals surface area (Å²) in [5.74, 6) is 0.558. The second-order valence-corrected chi connectivity index (χ2v) is 4.21. The van der Waals surface area contributed by atoms with E-state index >= 15 is 0 Å². The van der Waals surface area contributed by atoms with Crippen molar-refractivity contribution in [3.05, 3.63) is 21.9 Å². The third-order valence-corrected chi connectivity index (χ3v) is 2.81. The predicted octanol–water partition coefficient (Wildman–Crippen LogP) is 0.825. The van der Waals surface area contributed by atoms with Crippen molar-refractivity contribution in [2.75, 3.05) is 13.2 Å². The van der Waals surface area contributed by atoms with Crippen molar-refractivity contribution >= 4 is 22.6 Å². The number of ether oxygens (including phenoxy) is 2. The van der Waals surface area contributed by atoms with Crippen LogP contribution in [0.3, 0.4) is 0 Å². The van der Waals surface area contributed by atoms with E-state index in [2.05, 4.69) is 27.6 Å². The number of hydrogen-bond donors (Lipinski definition) is 1. The van der Waals surface area contributed by atoms with Crippen LogP contribution in [0.25, 0.3) is 0 Å². The van der Waals surface area contributed by atoms with Crippen molar-refractivity contribution in [2.45, 2.75) is 12.2 Å². The highest BCUT2D eigenvalue weighted by Gasteiger charge is 2.28.